The predicted molar refractivity (Wildman–Crippen MR) is 89.1 cm³/mol. The van der Waals surface area contributed by atoms with Crippen LogP contribution in [0, 0.1) is 6.92 Å². The van der Waals surface area contributed by atoms with Crippen molar-refractivity contribution in [3.63, 3.8) is 0 Å². The first-order valence-electron chi connectivity index (χ1n) is 7.41. The summed E-state index contributed by atoms with van der Waals surface area (Å²) in [4.78, 5) is 0. The highest BCUT2D eigenvalue weighted by Crippen LogP contribution is 2.38. The fraction of sp³-hybridized carbons (Fsp3) is 0.294. The van der Waals surface area contributed by atoms with Gasteiger partial charge in [0.2, 0.25) is 0 Å². The number of aromatic amines is 1. The van der Waals surface area contributed by atoms with Gasteiger partial charge in [0, 0.05) is 12.2 Å². The molecule has 114 valence electrons. The molecule has 0 saturated heterocycles. The van der Waals surface area contributed by atoms with E-state index < -0.39 is 0 Å². The molecular weight excluding hydrogens is 298 g/mol. The van der Waals surface area contributed by atoms with Gasteiger partial charge in [-0.25, -0.2) is 0 Å². The lowest BCUT2D eigenvalue weighted by Crippen LogP contribution is -1.98. The number of aliphatic hydroxyl groups excluding tert-OH is 1. The van der Waals surface area contributed by atoms with Crippen molar-refractivity contribution in [2.75, 3.05) is 6.61 Å². The summed E-state index contributed by atoms with van der Waals surface area (Å²) in [5.41, 5.74) is 5.93. The van der Waals surface area contributed by atoms with E-state index in [-0.39, 0.29) is 6.61 Å². The van der Waals surface area contributed by atoms with E-state index in [4.69, 9.17) is 16.7 Å². The minimum absolute atomic E-state index is 0.208. The Bertz CT molecular complexity index is 783. The van der Waals surface area contributed by atoms with Crippen LogP contribution in [-0.2, 0) is 6.42 Å². The van der Waals surface area contributed by atoms with Crippen molar-refractivity contribution < 1.29 is 5.11 Å². The van der Waals surface area contributed by atoms with E-state index in [0.717, 1.165) is 47.0 Å². The molecule has 0 radical (unpaired) electrons. The summed E-state index contributed by atoms with van der Waals surface area (Å²) in [5, 5.41) is 20.8. The third-order valence-electron chi connectivity index (χ3n) is 3.99. The maximum Gasteiger partial charge on any atom is 0.132 e. The van der Waals surface area contributed by atoms with E-state index in [1.807, 2.05) is 18.2 Å². The van der Waals surface area contributed by atoms with Gasteiger partial charge < -0.3 is 5.11 Å². The number of fused-ring (bicyclic) bond motifs is 1. The molecule has 4 nitrogen and oxygen atoms in total. The number of nitrogens with one attached hydrogen (secondary N) is 1. The average molecular weight is 316 g/mol. The second kappa shape index (κ2) is 6.46. The molecule has 22 heavy (non-hydrogen) atoms. The summed E-state index contributed by atoms with van der Waals surface area (Å²) in [7, 11) is 0. The summed E-state index contributed by atoms with van der Waals surface area (Å²) < 4.78 is 0. The molecule has 0 bridgehead atoms. The van der Waals surface area contributed by atoms with Crippen LogP contribution in [0.25, 0.3) is 22.2 Å². The van der Waals surface area contributed by atoms with Crippen molar-refractivity contribution in [1.82, 2.24) is 15.4 Å². The predicted octanol–water partition coefficient (Wildman–Crippen LogP) is 3.90. The second-order valence-corrected chi connectivity index (χ2v) is 5.74. The highest BCUT2D eigenvalue weighted by molar-refractivity contribution is 6.38. The SMILES string of the molecule is Cc1c(-c2ccccc2)c(Cl)c2n[nH]nc2c1CCCCO. The molecular formula is C17H18ClN3O. The number of nitrogens with zero attached hydrogens (tertiary/aromatic N) is 2. The zero-order chi connectivity index (χ0) is 15.5. The Morgan fingerprint density at radius 1 is 1.09 bits per heavy atom. The number of aliphatic hydroxyl groups is 1. The van der Waals surface area contributed by atoms with Crippen LogP contribution in [0.1, 0.15) is 24.0 Å². The monoisotopic (exact) mass is 315 g/mol. The minimum Gasteiger partial charge on any atom is -0.396 e. The smallest absolute Gasteiger partial charge is 0.132 e. The third kappa shape index (κ3) is 2.60. The molecule has 1 heterocycles. The molecule has 5 heteroatoms. The van der Waals surface area contributed by atoms with Crippen molar-refractivity contribution >= 4 is 22.6 Å². The third-order valence-corrected chi connectivity index (χ3v) is 4.35. The number of H-pyrrole nitrogens is 1. The summed E-state index contributed by atoms with van der Waals surface area (Å²) in [6.07, 6.45) is 2.55. The van der Waals surface area contributed by atoms with Crippen LogP contribution in [-0.4, -0.2) is 27.1 Å². The summed E-state index contributed by atoms with van der Waals surface area (Å²) in [5.74, 6) is 0. The van der Waals surface area contributed by atoms with Gasteiger partial charge in [0.15, 0.2) is 0 Å². The summed E-state index contributed by atoms with van der Waals surface area (Å²) in [6.45, 7) is 2.29. The topological polar surface area (TPSA) is 61.8 Å². The molecule has 2 aromatic carbocycles. The molecule has 0 aliphatic heterocycles. The normalized spacial score (nSPS) is 11.2. The maximum atomic E-state index is 9.01. The van der Waals surface area contributed by atoms with E-state index in [2.05, 4.69) is 34.5 Å². The zero-order valence-electron chi connectivity index (χ0n) is 12.4. The number of aromatic nitrogens is 3. The molecule has 0 fully saturated rings. The van der Waals surface area contributed by atoms with Crippen LogP contribution in [0.15, 0.2) is 30.3 Å². The van der Waals surface area contributed by atoms with Gasteiger partial charge in [0.1, 0.15) is 11.0 Å². The first kappa shape index (κ1) is 15.0. The Labute approximate surface area is 134 Å². The van der Waals surface area contributed by atoms with Gasteiger partial charge in [0.25, 0.3) is 0 Å². The van der Waals surface area contributed by atoms with E-state index in [9.17, 15) is 0 Å². The van der Waals surface area contributed by atoms with E-state index in [0.29, 0.717) is 10.5 Å². The first-order valence-corrected chi connectivity index (χ1v) is 7.79. The van der Waals surface area contributed by atoms with Crippen molar-refractivity contribution in [3.05, 3.63) is 46.5 Å². The highest BCUT2D eigenvalue weighted by Gasteiger charge is 2.19. The number of hydrogen-bond acceptors (Lipinski definition) is 3. The van der Waals surface area contributed by atoms with Gasteiger partial charge in [-0.1, -0.05) is 41.9 Å². The van der Waals surface area contributed by atoms with Crippen LogP contribution in [0.2, 0.25) is 5.02 Å². The summed E-state index contributed by atoms with van der Waals surface area (Å²) in [6, 6.07) is 10.1. The van der Waals surface area contributed by atoms with Gasteiger partial charge in [-0.05, 0) is 42.9 Å². The van der Waals surface area contributed by atoms with Crippen LogP contribution in [0.4, 0.5) is 0 Å². The maximum absolute atomic E-state index is 9.01. The summed E-state index contributed by atoms with van der Waals surface area (Å²) >= 11 is 6.59. The van der Waals surface area contributed by atoms with Gasteiger partial charge in [0.05, 0.1) is 5.02 Å². The Hall–Kier alpha value is -1.91. The number of benzene rings is 2. The molecule has 3 aromatic rings. The van der Waals surface area contributed by atoms with Crippen LogP contribution in [0.3, 0.4) is 0 Å². The van der Waals surface area contributed by atoms with Gasteiger partial charge in [-0.3, -0.25) is 0 Å². The number of halogens is 1. The fourth-order valence-electron chi connectivity index (χ4n) is 2.87. The number of hydrogen-bond donors (Lipinski definition) is 2. The number of rotatable bonds is 5. The van der Waals surface area contributed by atoms with E-state index in [1.54, 1.807) is 0 Å². The Morgan fingerprint density at radius 2 is 1.82 bits per heavy atom. The molecule has 0 saturated carbocycles. The lowest BCUT2D eigenvalue weighted by Gasteiger charge is -2.14. The Balaban J connectivity index is 2.19. The molecule has 0 spiro atoms. The molecule has 0 aliphatic rings. The van der Waals surface area contributed by atoms with Crippen molar-refractivity contribution in [2.45, 2.75) is 26.2 Å². The highest BCUT2D eigenvalue weighted by atomic mass is 35.5. The molecule has 1 aromatic heterocycles. The van der Waals surface area contributed by atoms with Crippen LogP contribution >= 0.6 is 11.6 Å². The van der Waals surface area contributed by atoms with Crippen molar-refractivity contribution in [1.29, 1.82) is 0 Å². The van der Waals surface area contributed by atoms with Crippen LogP contribution < -0.4 is 0 Å². The Morgan fingerprint density at radius 3 is 2.55 bits per heavy atom. The second-order valence-electron chi connectivity index (χ2n) is 5.36. The number of unbranched alkanes of at least 4 members (excludes halogenated alkanes) is 1. The fourth-order valence-corrected chi connectivity index (χ4v) is 3.26. The van der Waals surface area contributed by atoms with Crippen molar-refractivity contribution in [3.8, 4) is 11.1 Å². The average Bonchev–Trinajstić information content (AvgIpc) is 3.01. The molecule has 0 atom stereocenters. The van der Waals surface area contributed by atoms with E-state index in [1.165, 1.54) is 0 Å². The van der Waals surface area contributed by atoms with Gasteiger partial charge >= 0.3 is 0 Å². The lowest BCUT2D eigenvalue weighted by atomic mass is 9.92. The lowest BCUT2D eigenvalue weighted by molar-refractivity contribution is 0.284. The Kier molecular flexibility index (Phi) is 4.41. The van der Waals surface area contributed by atoms with E-state index >= 15 is 0 Å². The molecule has 3 rings (SSSR count). The molecule has 0 aliphatic carbocycles. The molecule has 0 amide bonds. The zero-order valence-corrected chi connectivity index (χ0v) is 13.2. The van der Waals surface area contributed by atoms with Crippen molar-refractivity contribution in [2.24, 2.45) is 0 Å². The number of aryl methyl sites for hydroxylation is 1. The molecule has 2 N–H and O–H groups in total. The largest absolute Gasteiger partial charge is 0.396 e. The quantitative estimate of drug-likeness (QED) is 0.702. The standard InChI is InChI=1S/C17H18ClN3O/c1-11-13(9-5-6-10-22)16-17(20-21-19-16)15(18)14(11)12-7-3-2-4-8-12/h2-4,7-8,22H,5-6,9-10H2,1H3,(H,19,20,21). The first-order chi connectivity index (χ1) is 10.7. The van der Waals surface area contributed by atoms with Gasteiger partial charge in [-0.15, -0.1) is 0 Å². The van der Waals surface area contributed by atoms with Crippen LogP contribution in [0.5, 0.6) is 0 Å². The van der Waals surface area contributed by atoms with Gasteiger partial charge in [-0.2, -0.15) is 15.4 Å². The molecule has 0 unspecified atom stereocenters. The minimum atomic E-state index is 0.208.